The number of carboxylic acid groups (broad SMARTS) is 1. The number of carbonyl (C=O) groups is 1. The Labute approximate surface area is 73.6 Å². The summed E-state index contributed by atoms with van der Waals surface area (Å²) < 4.78 is 0. The van der Waals surface area contributed by atoms with Crippen molar-refractivity contribution in [3.63, 3.8) is 0 Å². The van der Waals surface area contributed by atoms with E-state index < -0.39 is 5.97 Å². The predicted molar refractivity (Wildman–Crippen MR) is 47.4 cm³/mol. The lowest BCUT2D eigenvalue weighted by Gasteiger charge is -2.00. The molecule has 2 nitrogen and oxygen atoms in total. The number of carbonyl (C=O) groups excluding carboxylic acids is 1. The molecule has 0 spiro atoms. The molecule has 0 aliphatic carbocycles. The van der Waals surface area contributed by atoms with E-state index in [1.165, 1.54) is 0 Å². The van der Waals surface area contributed by atoms with Crippen molar-refractivity contribution in [1.29, 1.82) is 0 Å². The molecular formula is C10H15O2-. The van der Waals surface area contributed by atoms with Crippen LogP contribution < -0.4 is 5.11 Å². The summed E-state index contributed by atoms with van der Waals surface area (Å²) in [7, 11) is 0. The minimum atomic E-state index is -1.07. The first-order valence-corrected chi connectivity index (χ1v) is 4.17. The fourth-order valence-electron chi connectivity index (χ4n) is 0.804. The molecule has 2 heteroatoms. The van der Waals surface area contributed by atoms with Gasteiger partial charge in [0.25, 0.3) is 0 Å². The summed E-state index contributed by atoms with van der Waals surface area (Å²) in [6.45, 7) is 3.53. The van der Waals surface area contributed by atoms with Gasteiger partial charge in [0, 0.05) is 0 Å². The lowest BCUT2D eigenvalue weighted by atomic mass is 10.2. The highest BCUT2D eigenvalue weighted by atomic mass is 16.4. The fourth-order valence-corrected chi connectivity index (χ4v) is 0.804. The van der Waals surface area contributed by atoms with Crippen LogP contribution in [0.1, 0.15) is 33.1 Å². The van der Waals surface area contributed by atoms with Crippen LogP contribution in [-0.2, 0) is 4.79 Å². The normalized spacial score (nSPS) is 12.3. The SMILES string of the molecule is C/C=C/CCC/C=C(/C)C(=O)[O-]. The number of allylic oxidation sites excluding steroid dienone is 3. The van der Waals surface area contributed by atoms with Crippen molar-refractivity contribution in [1.82, 2.24) is 0 Å². The van der Waals surface area contributed by atoms with Crippen molar-refractivity contribution >= 4 is 5.97 Å². The molecule has 12 heavy (non-hydrogen) atoms. The molecule has 0 aromatic rings. The second kappa shape index (κ2) is 6.65. The maximum Gasteiger partial charge on any atom is 0.0668 e. The van der Waals surface area contributed by atoms with Crippen molar-refractivity contribution in [3.8, 4) is 0 Å². The van der Waals surface area contributed by atoms with Gasteiger partial charge >= 0.3 is 0 Å². The zero-order valence-corrected chi connectivity index (χ0v) is 7.67. The highest BCUT2D eigenvalue weighted by molar-refractivity contribution is 5.83. The summed E-state index contributed by atoms with van der Waals surface area (Å²) in [6.07, 6.45) is 8.59. The monoisotopic (exact) mass is 167 g/mol. The van der Waals surface area contributed by atoms with Crippen LogP contribution in [0.3, 0.4) is 0 Å². The first kappa shape index (κ1) is 11.0. The Morgan fingerprint density at radius 3 is 2.58 bits per heavy atom. The first-order chi connectivity index (χ1) is 5.68. The van der Waals surface area contributed by atoms with E-state index in [2.05, 4.69) is 6.08 Å². The van der Waals surface area contributed by atoms with E-state index in [-0.39, 0.29) is 0 Å². The van der Waals surface area contributed by atoms with E-state index in [1.807, 2.05) is 13.0 Å². The maximum absolute atomic E-state index is 10.2. The van der Waals surface area contributed by atoms with Gasteiger partial charge < -0.3 is 9.90 Å². The molecule has 0 amide bonds. The first-order valence-electron chi connectivity index (χ1n) is 4.17. The standard InChI is InChI=1S/C10H16O2/c1-3-4-5-6-7-8-9(2)10(11)12/h3-4,8H,5-7H2,1-2H3,(H,11,12)/p-1/b4-3+,9-8-. The van der Waals surface area contributed by atoms with Gasteiger partial charge in [0.15, 0.2) is 0 Å². The third-order valence-corrected chi connectivity index (χ3v) is 1.58. The van der Waals surface area contributed by atoms with Gasteiger partial charge in [-0.05, 0) is 38.7 Å². The van der Waals surface area contributed by atoms with E-state index in [0.29, 0.717) is 5.57 Å². The Kier molecular flexibility index (Phi) is 6.07. The van der Waals surface area contributed by atoms with Crippen molar-refractivity contribution in [2.24, 2.45) is 0 Å². The van der Waals surface area contributed by atoms with Gasteiger partial charge in [-0.15, -0.1) is 0 Å². The molecule has 68 valence electrons. The number of rotatable bonds is 5. The molecule has 0 saturated heterocycles. The van der Waals surface area contributed by atoms with Crippen molar-refractivity contribution < 1.29 is 9.90 Å². The number of aliphatic carboxylic acids is 1. The van der Waals surface area contributed by atoms with E-state index in [0.717, 1.165) is 19.3 Å². The van der Waals surface area contributed by atoms with Crippen LogP contribution in [0.2, 0.25) is 0 Å². The van der Waals surface area contributed by atoms with Crippen LogP contribution in [0.5, 0.6) is 0 Å². The van der Waals surface area contributed by atoms with Gasteiger partial charge in [0.1, 0.15) is 0 Å². The third-order valence-electron chi connectivity index (χ3n) is 1.58. The number of carboxylic acids is 1. The summed E-state index contributed by atoms with van der Waals surface area (Å²) in [5.74, 6) is -1.07. The predicted octanol–water partition coefficient (Wildman–Crippen LogP) is 1.43. The minimum Gasteiger partial charge on any atom is -0.545 e. The summed E-state index contributed by atoms with van der Waals surface area (Å²) in [5, 5.41) is 10.2. The molecule has 0 N–H and O–H groups in total. The van der Waals surface area contributed by atoms with Crippen molar-refractivity contribution in [2.45, 2.75) is 33.1 Å². The summed E-state index contributed by atoms with van der Waals surface area (Å²) in [5.41, 5.74) is 0.329. The Bertz CT molecular complexity index is 190. The zero-order valence-electron chi connectivity index (χ0n) is 7.67. The quantitative estimate of drug-likeness (QED) is 0.353. The average molecular weight is 167 g/mol. The highest BCUT2D eigenvalue weighted by Gasteiger charge is 1.87. The Morgan fingerprint density at radius 1 is 1.42 bits per heavy atom. The largest absolute Gasteiger partial charge is 0.545 e. The number of hydrogen-bond donors (Lipinski definition) is 0. The Balaban J connectivity index is 3.53. The molecule has 0 unspecified atom stereocenters. The highest BCUT2D eigenvalue weighted by Crippen LogP contribution is 2.01. The molecule has 0 aromatic heterocycles. The van der Waals surface area contributed by atoms with Gasteiger partial charge in [0.2, 0.25) is 0 Å². The fraction of sp³-hybridized carbons (Fsp3) is 0.500. The summed E-state index contributed by atoms with van der Waals surface area (Å²) >= 11 is 0. The van der Waals surface area contributed by atoms with E-state index in [4.69, 9.17) is 0 Å². The lowest BCUT2D eigenvalue weighted by molar-refractivity contribution is -0.299. The van der Waals surface area contributed by atoms with Crippen LogP contribution in [0, 0.1) is 0 Å². The van der Waals surface area contributed by atoms with Gasteiger partial charge in [0.05, 0.1) is 5.97 Å². The number of unbranched alkanes of at least 4 members (excludes halogenated alkanes) is 2. The molecule has 0 fully saturated rings. The second-order valence-corrected chi connectivity index (χ2v) is 2.67. The van der Waals surface area contributed by atoms with Crippen LogP contribution in [0.15, 0.2) is 23.8 Å². The molecule has 0 rings (SSSR count). The molecule has 0 radical (unpaired) electrons. The molecule has 0 atom stereocenters. The van der Waals surface area contributed by atoms with E-state index in [1.54, 1.807) is 13.0 Å². The third kappa shape index (κ3) is 5.71. The van der Waals surface area contributed by atoms with Crippen LogP contribution >= 0.6 is 0 Å². The zero-order chi connectivity index (χ0) is 9.40. The minimum absolute atomic E-state index is 0.329. The Morgan fingerprint density at radius 2 is 2.08 bits per heavy atom. The maximum atomic E-state index is 10.2. The molecular weight excluding hydrogens is 152 g/mol. The Hall–Kier alpha value is -1.05. The van der Waals surface area contributed by atoms with E-state index in [9.17, 15) is 9.90 Å². The summed E-state index contributed by atoms with van der Waals surface area (Å²) in [4.78, 5) is 10.2. The molecule has 0 aliphatic heterocycles. The summed E-state index contributed by atoms with van der Waals surface area (Å²) in [6, 6.07) is 0. The van der Waals surface area contributed by atoms with Crippen molar-refractivity contribution in [3.05, 3.63) is 23.8 Å². The smallest absolute Gasteiger partial charge is 0.0668 e. The molecule has 0 bridgehead atoms. The molecule has 0 aliphatic rings. The topological polar surface area (TPSA) is 40.1 Å². The van der Waals surface area contributed by atoms with Crippen molar-refractivity contribution in [2.75, 3.05) is 0 Å². The lowest BCUT2D eigenvalue weighted by Crippen LogP contribution is -2.22. The van der Waals surface area contributed by atoms with Gasteiger partial charge in [-0.3, -0.25) is 0 Å². The van der Waals surface area contributed by atoms with E-state index >= 15 is 0 Å². The van der Waals surface area contributed by atoms with Crippen LogP contribution in [0.25, 0.3) is 0 Å². The van der Waals surface area contributed by atoms with Gasteiger partial charge in [-0.25, -0.2) is 0 Å². The van der Waals surface area contributed by atoms with Crippen LogP contribution in [-0.4, -0.2) is 5.97 Å². The number of hydrogen-bond acceptors (Lipinski definition) is 2. The molecule has 0 aromatic carbocycles. The van der Waals surface area contributed by atoms with Gasteiger partial charge in [-0.1, -0.05) is 18.2 Å². The molecule has 0 heterocycles. The molecule has 0 saturated carbocycles. The van der Waals surface area contributed by atoms with Gasteiger partial charge in [-0.2, -0.15) is 0 Å². The average Bonchev–Trinajstić information content (AvgIpc) is 2.03. The second-order valence-electron chi connectivity index (χ2n) is 2.67. The van der Waals surface area contributed by atoms with Crippen LogP contribution in [0.4, 0.5) is 0 Å².